The fraction of sp³-hybridized carbons (Fsp3) is 0.269. The van der Waals surface area contributed by atoms with Crippen molar-refractivity contribution in [2.24, 2.45) is 5.92 Å². The minimum absolute atomic E-state index is 0.0242. The standard InChI is InChI=1S/C26H25F2N3O2/c1-15(2)12-23(32)20-14-30(13-19-21(27)6-5-7-22(19)28)26-29-24(17(4)31(26)25(20)33)18-10-8-16(3)9-11-18/h5-11,14-15H,12-13H2,1-4H3. The molecule has 0 unspecified atom stereocenters. The van der Waals surface area contributed by atoms with E-state index in [-0.39, 0.29) is 41.6 Å². The minimum atomic E-state index is -0.705. The van der Waals surface area contributed by atoms with Gasteiger partial charge in [-0.05, 0) is 31.9 Å². The van der Waals surface area contributed by atoms with E-state index in [1.807, 2.05) is 45.0 Å². The van der Waals surface area contributed by atoms with Crippen molar-refractivity contribution in [2.75, 3.05) is 0 Å². The predicted octanol–water partition coefficient (Wildman–Crippen LogP) is 5.34. The Morgan fingerprint density at radius 1 is 1.03 bits per heavy atom. The fourth-order valence-corrected chi connectivity index (χ4v) is 3.94. The van der Waals surface area contributed by atoms with E-state index in [0.29, 0.717) is 11.4 Å². The summed E-state index contributed by atoms with van der Waals surface area (Å²) in [6.45, 7) is 7.29. The van der Waals surface area contributed by atoms with Crippen LogP contribution in [0.25, 0.3) is 17.0 Å². The minimum Gasteiger partial charge on any atom is -0.313 e. The number of imidazole rings is 1. The summed E-state index contributed by atoms with van der Waals surface area (Å²) in [4.78, 5) is 30.9. The molecule has 5 nitrogen and oxygen atoms in total. The lowest BCUT2D eigenvalue weighted by atomic mass is 10.0. The first-order valence-electron chi connectivity index (χ1n) is 10.8. The number of aryl methyl sites for hydroxylation is 2. The van der Waals surface area contributed by atoms with E-state index in [9.17, 15) is 18.4 Å². The van der Waals surface area contributed by atoms with Crippen LogP contribution in [0.4, 0.5) is 8.78 Å². The summed E-state index contributed by atoms with van der Waals surface area (Å²) in [5.74, 6) is -1.45. The molecule has 2 heterocycles. The fourth-order valence-electron chi connectivity index (χ4n) is 3.94. The molecule has 0 aliphatic carbocycles. The number of aromatic nitrogens is 3. The van der Waals surface area contributed by atoms with Crippen LogP contribution in [0.3, 0.4) is 0 Å². The molecule has 0 radical (unpaired) electrons. The Kier molecular flexibility index (Phi) is 5.97. The molecule has 170 valence electrons. The quantitative estimate of drug-likeness (QED) is 0.374. The van der Waals surface area contributed by atoms with Crippen molar-refractivity contribution < 1.29 is 13.6 Å². The summed E-state index contributed by atoms with van der Waals surface area (Å²) in [5, 5.41) is 0. The molecule has 0 N–H and O–H groups in total. The molecule has 33 heavy (non-hydrogen) atoms. The van der Waals surface area contributed by atoms with E-state index < -0.39 is 17.2 Å². The second kappa shape index (κ2) is 8.73. The zero-order chi connectivity index (χ0) is 23.9. The van der Waals surface area contributed by atoms with Gasteiger partial charge in [0.1, 0.15) is 11.6 Å². The molecular formula is C26H25F2N3O2. The zero-order valence-corrected chi connectivity index (χ0v) is 19.0. The van der Waals surface area contributed by atoms with E-state index in [1.54, 1.807) is 6.92 Å². The molecule has 0 aliphatic heterocycles. The van der Waals surface area contributed by atoms with Crippen molar-refractivity contribution in [3.05, 3.63) is 93.0 Å². The summed E-state index contributed by atoms with van der Waals surface area (Å²) in [5.41, 5.74) is 2.34. The highest BCUT2D eigenvalue weighted by Crippen LogP contribution is 2.25. The van der Waals surface area contributed by atoms with Crippen molar-refractivity contribution in [3.8, 4) is 11.3 Å². The number of hydrogen-bond donors (Lipinski definition) is 0. The molecular weight excluding hydrogens is 424 g/mol. The van der Waals surface area contributed by atoms with E-state index in [1.165, 1.54) is 33.4 Å². The summed E-state index contributed by atoms with van der Waals surface area (Å²) >= 11 is 0. The molecule has 0 saturated heterocycles. The highest BCUT2D eigenvalue weighted by atomic mass is 19.1. The molecule has 4 aromatic rings. The number of carbonyl (C=O) groups is 1. The summed E-state index contributed by atoms with van der Waals surface area (Å²) < 4.78 is 31.7. The van der Waals surface area contributed by atoms with Gasteiger partial charge in [-0.15, -0.1) is 0 Å². The number of benzene rings is 2. The van der Waals surface area contributed by atoms with Gasteiger partial charge in [0, 0.05) is 23.7 Å². The Labute approximate surface area is 190 Å². The number of rotatable bonds is 6. The highest BCUT2D eigenvalue weighted by molar-refractivity contribution is 5.95. The molecule has 0 bridgehead atoms. The first kappa shape index (κ1) is 22.6. The first-order chi connectivity index (χ1) is 15.7. The maximum atomic E-state index is 14.4. The Balaban J connectivity index is 1.99. The normalized spacial score (nSPS) is 11.5. The molecule has 0 saturated carbocycles. The van der Waals surface area contributed by atoms with E-state index >= 15 is 0 Å². The summed E-state index contributed by atoms with van der Waals surface area (Å²) in [6, 6.07) is 11.3. The smallest absolute Gasteiger partial charge is 0.270 e. The van der Waals surface area contributed by atoms with Gasteiger partial charge in [0.05, 0.1) is 23.5 Å². The number of hydrogen-bond acceptors (Lipinski definition) is 3. The average molecular weight is 450 g/mol. The molecule has 0 aliphatic rings. The molecule has 0 fully saturated rings. The average Bonchev–Trinajstić information content (AvgIpc) is 3.10. The van der Waals surface area contributed by atoms with Crippen molar-refractivity contribution in [1.29, 1.82) is 0 Å². The maximum absolute atomic E-state index is 14.4. The first-order valence-corrected chi connectivity index (χ1v) is 10.8. The third-order valence-electron chi connectivity index (χ3n) is 5.67. The van der Waals surface area contributed by atoms with Gasteiger partial charge < -0.3 is 4.57 Å². The SMILES string of the molecule is Cc1ccc(-c2nc3n(Cc4c(F)cccc4F)cc(C(=O)CC(C)C)c(=O)n3c2C)cc1. The highest BCUT2D eigenvalue weighted by Gasteiger charge is 2.22. The zero-order valence-electron chi connectivity index (χ0n) is 19.0. The largest absolute Gasteiger partial charge is 0.313 e. The van der Waals surface area contributed by atoms with Crippen molar-refractivity contribution in [3.63, 3.8) is 0 Å². The Morgan fingerprint density at radius 3 is 2.27 bits per heavy atom. The number of Topliss-reactive ketones (excluding diaryl/α,β-unsaturated/α-hetero) is 1. The molecule has 2 aromatic heterocycles. The van der Waals surface area contributed by atoms with Gasteiger partial charge in [-0.3, -0.25) is 9.59 Å². The lowest BCUT2D eigenvalue weighted by molar-refractivity contribution is 0.0965. The van der Waals surface area contributed by atoms with Crippen LogP contribution in [0.5, 0.6) is 0 Å². The monoisotopic (exact) mass is 449 g/mol. The third-order valence-corrected chi connectivity index (χ3v) is 5.67. The van der Waals surface area contributed by atoms with E-state index in [4.69, 9.17) is 0 Å². The topological polar surface area (TPSA) is 56.4 Å². The van der Waals surface area contributed by atoms with E-state index in [0.717, 1.165) is 11.1 Å². The van der Waals surface area contributed by atoms with Crippen LogP contribution >= 0.6 is 0 Å². The predicted molar refractivity (Wildman–Crippen MR) is 124 cm³/mol. The van der Waals surface area contributed by atoms with Crippen LogP contribution in [-0.2, 0) is 6.54 Å². The lowest BCUT2D eigenvalue weighted by Crippen LogP contribution is -2.27. The van der Waals surface area contributed by atoms with Crippen LogP contribution in [-0.4, -0.2) is 19.7 Å². The summed E-state index contributed by atoms with van der Waals surface area (Å²) in [6.07, 6.45) is 1.56. The van der Waals surface area contributed by atoms with Crippen molar-refractivity contribution >= 4 is 11.6 Å². The van der Waals surface area contributed by atoms with Gasteiger partial charge >= 0.3 is 0 Å². The maximum Gasteiger partial charge on any atom is 0.270 e. The number of ketones is 1. The van der Waals surface area contributed by atoms with Gasteiger partial charge in [0.2, 0.25) is 5.78 Å². The second-order valence-corrected chi connectivity index (χ2v) is 8.74. The number of carbonyl (C=O) groups excluding carboxylic acids is 1. The lowest BCUT2D eigenvalue weighted by Gasteiger charge is -2.13. The Morgan fingerprint density at radius 2 is 1.67 bits per heavy atom. The molecule has 0 atom stereocenters. The van der Waals surface area contributed by atoms with Crippen LogP contribution in [0, 0.1) is 31.4 Å². The van der Waals surface area contributed by atoms with Crippen LogP contribution in [0.15, 0.2) is 53.5 Å². The third kappa shape index (κ3) is 4.23. The summed E-state index contributed by atoms with van der Waals surface area (Å²) in [7, 11) is 0. The van der Waals surface area contributed by atoms with Gasteiger partial charge in [-0.1, -0.05) is 49.7 Å². The number of nitrogens with zero attached hydrogens (tertiary/aromatic N) is 3. The molecule has 0 spiro atoms. The van der Waals surface area contributed by atoms with E-state index in [2.05, 4.69) is 4.98 Å². The molecule has 0 amide bonds. The molecule has 4 rings (SSSR count). The van der Waals surface area contributed by atoms with Gasteiger partial charge in [-0.2, -0.15) is 0 Å². The Hall–Kier alpha value is -3.61. The number of fused-ring (bicyclic) bond motifs is 1. The van der Waals surface area contributed by atoms with Crippen LogP contribution in [0.2, 0.25) is 0 Å². The molecule has 2 aromatic carbocycles. The Bertz CT molecular complexity index is 1400. The van der Waals surface area contributed by atoms with Crippen LogP contribution < -0.4 is 5.56 Å². The van der Waals surface area contributed by atoms with Crippen molar-refractivity contribution in [1.82, 2.24) is 14.0 Å². The van der Waals surface area contributed by atoms with Gasteiger partial charge in [0.15, 0.2) is 5.78 Å². The molecule has 7 heteroatoms. The van der Waals surface area contributed by atoms with Gasteiger partial charge in [-0.25, -0.2) is 18.2 Å². The number of halogens is 2. The van der Waals surface area contributed by atoms with Crippen LogP contribution in [0.1, 0.15) is 47.4 Å². The van der Waals surface area contributed by atoms with Crippen molar-refractivity contribution in [2.45, 2.75) is 40.7 Å². The van der Waals surface area contributed by atoms with Gasteiger partial charge in [0.25, 0.3) is 5.56 Å². The second-order valence-electron chi connectivity index (χ2n) is 8.74.